The Kier molecular flexibility index (Phi) is 6.95. The van der Waals surface area contributed by atoms with E-state index in [0.717, 1.165) is 25.9 Å². The molecule has 0 unspecified atom stereocenters. The summed E-state index contributed by atoms with van der Waals surface area (Å²) in [6.07, 6.45) is 1.96. The molecule has 0 aromatic rings. The standard InChI is InChI=1S/C14H28N4O2/c1-11(2)16-13(19)9-15-12-5-7-18(8-6-12)10-14(20)17(3)4/h11-12,15H,5-10H2,1-4H3,(H,16,19). The summed E-state index contributed by atoms with van der Waals surface area (Å²) >= 11 is 0. The molecule has 2 N–H and O–H groups in total. The van der Waals surface area contributed by atoms with Crippen LogP contribution in [0.15, 0.2) is 0 Å². The third-order valence-corrected chi connectivity index (χ3v) is 3.45. The van der Waals surface area contributed by atoms with Gasteiger partial charge in [0.05, 0.1) is 13.1 Å². The molecule has 1 rings (SSSR count). The van der Waals surface area contributed by atoms with E-state index in [1.54, 1.807) is 19.0 Å². The smallest absolute Gasteiger partial charge is 0.236 e. The van der Waals surface area contributed by atoms with Crippen LogP contribution in [0, 0.1) is 0 Å². The van der Waals surface area contributed by atoms with E-state index in [4.69, 9.17) is 0 Å². The van der Waals surface area contributed by atoms with Crippen LogP contribution in [-0.4, -0.2) is 74.0 Å². The molecule has 0 aromatic carbocycles. The minimum atomic E-state index is 0.0465. The zero-order valence-corrected chi connectivity index (χ0v) is 13.1. The minimum absolute atomic E-state index is 0.0465. The van der Waals surface area contributed by atoms with E-state index in [1.165, 1.54) is 0 Å². The number of nitrogens with one attached hydrogen (secondary N) is 2. The summed E-state index contributed by atoms with van der Waals surface area (Å²) in [7, 11) is 3.56. The van der Waals surface area contributed by atoms with Gasteiger partial charge >= 0.3 is 0 Å². The van der Waals surface area contributed by atoms with Crippen molar-refractivity contribution in [1.82, 2.24) is 20.4 Å². The Morgan fingerprint density at radius 2 is 1.85 bits per heavy atom. The van der Waals surface area contributed by atoms with E-state index < -0.39 is 0 Å². The van der Waals surface area contributed by atoms with Gasteiger partial charge in [0.2, 0.25) is 11.8 Å². The van der Waals surface area contributed by atoms with Crippen molar-refractivity contribution in [3.05, 3.63) is 0 Å². The predicted octanol–water partition coefficient (Wildman–Crippen LogP) is -0.347. The van der Waals surface area contributed by atoms with E-state index in [1.807, 2.05) is 13.8 Å². The molecule has 0 atom stereocenters. The molecule has 1 saturated heterocycles. The van der Waals surface area contributed by atoms with Crippen molar-refractivity contribution in [2.75, 3.05) is 40.3 Å². The quantitative estimate of drug-likeness (QED) is 0.700. The molecule has 1 aliphatic rings. The number of rotatable bonds is 6. The summed E-state index contributed by atoms with van der Waals surface area (Å²) in [6.45, 7) is 6.59. The highest BCUT2D eigenvalue weighted by Crippen LogP contribution is 2.09. The molecule has 0 bridgehead atoms. The fourth-order valence-corrected chi connectivity index (χ4v) is 2.24. The summed E-state index contributed by atoms with van der Waals surface area (Å²) in [6, 6.07) is 0.557. The first-order valence-electron chi connectivity index (χ1n) is 7.33. The molecule has 1 aliphatic heterocycles. The number of piperidine rings is 1. The lowest BCUT2D eigenvalue weighted by atomic mass is 10.1. The maximum absolute atomic E-state index is 11.6. The zero-order chi connectivity index (χ0) is 15.1. The second-order valence-corrected chi connectivity index (χ2v) is 5.94. The summed E-state index contributed by atoms with van der Waals surface area (Å²) in [5.41, 5.74) is 0. The van der Waals surface area contributed by atoms with Crippen LogP contribution in [0.25, 0.3) is 0 Å². The fraction of sp³-hybridized carbons (Fsp3) is 0.857. The van der Waals surface area contributed by atoms with Crippen molar-refractivity contribution < 1.29 is 9.59 Å². The lowest BCUT2D eigenvalue weighted by Crippen LogP contribution is -2.48. The summed E-state index contributed by atoms with van der Waals surface area (Å²) in [5.74, 6) is 0.193. The number of likely N-dealkylation sites (N-methyl/N-ethyl adjacent to an activating group) is 1. The summed E-state index contributed by atoms with van der Waals surface area (Å²) in [5, 5.41) is 6.16. The zero-order valence-electron chi connectivity index (χ0n) is 13.1. The van der Waals surface area contributed by atoms with Crippen LogP contribution in [0.3, 0.4) is 0 Å². The van der Waals surface area contributed by atoms with Gasteiger partial charge in [-0.3, -0.25) is 14.5 Å². The molecule has 0 radical (unpaired) electrons. The third kappa shape index (κ3) is 6.34. The first-order valence-corrected chi connectivity index (χ1v) is 7.33. The van der Waals surface area contributed by atoms with Crippen molar-refractivity contribution in [2.45, 2.75) is 38.8 Å². The van der Waals surface area contributed by atoms with E-state index in [0.29, 0.717) is 19.1 Å². The first-order chi connectivity index (χ1) is 9.38. The second-order valence-electron chi connectivity index (χ2n) is 5.94. The van der Waals surface area contributed by atoms with Gasteiger partial charge in [0.15, 0.2) is 0 Å². The monoisotopic (exact) mass is 284 g/mol. The second kappa shape index (κ2) is 8.21. The topological polar surface area (TPSA) is 64.7 Å². The fourth-order valence-electron chi connectivity index (χ4n) is 2.24. The average molecular weight is 284 g/mol. The van der Waals surface area contributed by atoms with Gasteiger partial charge in [0, 0.05) is 39.3 Å². The Balaban J connectivity index is 2.19. The van der Waals surface area contributed by atoms with Gasteiger partial charge in [-0.1, -0.05) is 0 Å². The molecule has 0 aromatic heterocycles. The van der Waals surface area contributed by atoms with Gasteiger partial charge in [0.1, 0.15) is 0 Å². The van der Waals surface area contributed by atoms with Gasteiger partial charge in [-0.15, -0.1) is 0 Å². The molecule has 20 heavy (non-hydrogen) atoms. The van der Waals surface area contributed by atoms with Gasteiger partial charge in [-0.25, -0.2) is 0 Å². The van der Waals surface area contributed by atoms with Crippen LogP contribution in [0.1, 0.15) is 26.7 Å². The van der Waals surface area contributed by atoms with E-state index in [-0.39, 0.29) is 17.9 Å². The molecule has 2 amide bonds. The Bertz CT molecular complexity index is 323. The highest BCUT2D eigenvalue weighted by molar-refractivity contribution is 5.78. The maximum Gasteiger partial charge on any atom is 0.236 e. The lowest BCUT2D eigenvalue weighted by molar-refractivity contribution is -0.130. The number of hydrogen-bond acceptors (Lipinski definition) is 4. The highest BCUT2D eigenvalue weighted by atomic mass is 16.2. The maximum atomic E-state index is 11.6. The molecule has 116 valence electrons. The van der Waals surface area contributed by atoms with E-state index >= 15 is 0 Å². The van der Waals surface area contributed by atoms with Crippen molar-refractivity contribution >= 4 is 11.8 Å². The van der Waals surface area contributed by atoms with Crippen molar-refractivity contribution in [1.29, 1.82) is 0 Å². The normalized spacial score (nSPS) is 17.2. The molecule has 0 spiro atoms. The van der Waals surface area contributed by atoms with Gasteiger partial charge in [0.25, 0.3) is 0 Å². The molecule has 6 nitrogen and oxygen atoms in total. The molecule has 1 heterocycles. The van der Waals surface area contributed by atoms with Crippen LogP contribution < -0.4 is 10.6 Å². The number of nitrogens with zero attached hydrogens (tertiary/aromatic N) is 2. The van der Waals surface area contributed by atoms with Gasteiger partial charge in [-0.05, 0) is 26.7 Å². The third-order valence-electron chi connectivity index (χ3n) is 3.45. The molecular weight excluding hydrogens is 256 g/mol. The minimum Gasteiger partial charge on any atom is -0.353 e. The number of carbonyl (C=O) groups excluding carboxylic acids is 2. The Labute approximate surface area is 121 Å². The Hall–Kier alpha value is -1.14. The van der Waals surface area contributed by atoms with Gasteiger partial charge in [-0.2, -0.15) is 0 Å². The highest BCUT2D eigenvalue weighted by Gasteiger charge is 2.21. The Morgan fingerprint density at radius 3 is 2.35 bits per heavy atom. The number of amides is 2. The Morgan fingerprint density at radius 1 is 1.25 bits per heavy atom. The van der Waals surface area contributed by atoms with Crippen molar-refractivity contribution in [2.24, 2.45) is 0 Å². The lowest BCUT2D eigenvalue weighted by Gasteiger charge is -2.32. The van der Waals surface area contributed by atoms with Crippen LogP contribution in [-0.2, 0) is 9.59 Å². The van der Waals surface area contributed by atoms with Crippen LogP contribution in [0.4, 0.5) is 0 Å². The first kappa shape index (κ1) is 16.9. The molecule has 6 heteroatoms. The number of hydrogen-bond donors (Lipinski definition) is 2. The summed E-state index contributed by atoms with van der Waals surface area (Å²) in [4.78, 5) is 27.0. The van der Waals surface area contributed by atoms with Crippen LogP contribution >= 0.6 is 0 Å². The SMILES string of the molecule is CC(C)NC(=O)CNC1CCN(CC(=O)N(C)C)CC1. The molecule has 1 fully saturated rings. The van der Waals surface area contributed by atoms with Gasteiger partial charge < -0.3 is 15.5 Å². The van der Waals surface area contributed by atoms with Crippen LogP contribution in [0.5, 0.6) is 0 Å². The average Bonchev–Trinajstić information content (AvgIpc) is 2.37. The van der Waals surface area contributed by atoms with E-state index in [9.17, 15) is 9.59 Å². The van der Waals surface area contributed by atoms with Crippen molar-refractivity contribution in [3.8, 4) is 0 Å². The number of likely N-dealkylation sites (tertiary alicyclic amines) is 1. The summed E-state index contributed by atoms with van der Waals surface area (Å²) < 4.78 is 0. The van der Waals surface area contributed by atoms with Crippen molar-refractivity contribution in [3.63, 3.8) is 0 Å². The molecule has 0 aliphatic carbocycles. The largest absolute Gasteiger partial charge is 0.353 e. The molecule has 0 saturated carbocycles. The van der Waals surface area contributed by atoms with Crippen LogP contribution in [0.2, 0.25) is 0 Å². The van der Waals surface area contributed by atoms with E-state index in [2.05, 4.69) is 15.5 Å². The predicted molar refractivity (Wildman–Crippen MR) is 79.4 cm³/mol. The molecular formula is C14H28N4O2. The number of carbonyl (C=O) groups is 2.